The first-order valence-corrected chi connectivity index (χ1v) is 35.9. The lowest BCUT2D eigenvalue weighted by molar-refractivity contribution is 0.0172. The first-order chi connectivity index (χ1) is 52.9. The Balaban J connectivity index is 0.000000138. The number of terminal acetylenes is 1. The summed E-state index contributed by atoms with van der Waals surface area (Å²) >= 11 is 0. The normalized spacial score (nSPS) is 12.6. The molecule has 10 heterocycles. The zero-order valence-corrected chi connectivity index (χ0v) is 62.5. The summed E-state index contributed by atoms with van der Waals surface area (Å²) in [5, 5.41) is 48.2. The summed E-state index contributed by atoms with van der Waals surface area (Å²) in [5.74, 6) is 19.0. The van der Waals surface area contributed by atoms with Gasteiger partial charge in [-0.2, -0.15) is 25.8 Å². The number of halogens is 2. The third-order valence-electron chi connectivity index (χ3n) is 19.7. The fraction of sp³-hybridized carbons (Fsp3) is 0.247. The number of rotatable bonds is 12. The predicted molar refractivity (Wildman–Crippen MR) is 416 cm³/mol. The number of nitrogens with zero attached hydrogens (tertiary/aromatic N) is 15. The minimum Gasteiger partial charge on any atom is -0.379 e. The van der Waals surface area contributed by atoms with E-state index in [1.165, 1.54) is 17.7 Å². The number of hydrogen-bond acceptors (Lipinski definition) is 16. The fourth-order valence-corrected chi connectivity index (χ4v) is 13.0. The van der Waals surface area contributed by atoms with Crippen LogP contribution in [0.25, 0.3) is 49.8 Å². The van der Waals surface area contributed by atoms with E-state index in [-0.39, 0.29) is 17.4 Å². The molecule has 0 unspecified atom stereocenters. The standard InChI is InChI=1S/C32H30N6O2.C29H23F2N5O.C28H22N4O/c1-22-6-8-28-29(36-40-31(28)27(22)9-7-26-19-34-30-5-4-10-35-38(26)30)18-23-15-24(20-37-11-13-39-14-12-37)17-25(16-23)32(2,3)21-33;1-18-7-9-24-25(14-19-12-20(28(2,3)17-32)15-21(13-19)29(4,30)31)35-37-27(24)23(18)10-8-22-16-33-26-6-5-11-34-36(22)26;1-5-28(3,4)21-9-6-8-20(16-21)17-25-24-13-11-19(2)23(27(24)33-31-25)14-12-22-18-29-26-10-7-15-30-32(22)26/h4-6,8,10,15-17,19H,11-14,18,20H2,1-3H3;5-7,9,11-13,15-16H,14H2,1-4H3;1,6-11,13,15-16,18H,17H2,2-4H3. The average Bonchev–Trinajstić information content (AvgIpc) is 1.77. The average molecular weight is 1460 g/mol. The molecule has 1 aliphatic heterocycles. The van der Waals surface area contributed by atoms with Crippen LogP contribution in [0.5, 0.6) is 0 Å². The van der Waals surface area contributed by atoms with Crippen molar-refractivity contribution in [1.29, 1.82) is 10.5 Å². The Morgan fingerprint density at radius 2 is 0.827 bits per heavy atom. The van der Waals surface area contributed by atoms with E-state index < -0.39 is 16.8 Å². The lowest BCUT2D eigenvalue weighted by atomic mass is 9.83. The minimum absolute atomic E-state index is 0.139. The van der Waals surface area contributed by atoms with Gasteiger partial charge in [0, 0.05) is 86.1 Å². The lowest BCUT2D eigenvalue weighted by Crippen LogP contribution is -2.35. The van der Waals surface area contributed by atoms with Crippen molar-refractivity contribution < 1.29 is 27.1 Å². The van der Waals surface area contributed by atoms with Gasteiger partial charge in [0.25, 0.3) is 5.92 Å². The Bertz CT molecular complexity index is 6390. The second-order valence-electron chi connectivity index (χ2n) is 29.1. The summed E-state index contributed by atoms with van der Waals surface area (Å²) in [7, 11) is 0. The van der Waals surface area contributed by atoms with E-state index >= 15 is 0 Å². The highest BCUT2D eigenvalue weighted by molar-refractivity contribution is 5.89. The van der Waals surface area contributed by atoms with Crippen molar-refractivity contribution in [3.8, 4) is 60.0 Å². The van der Waals surface area contributed by atoms with Crippen molar-refractivity contribution in [3.63, 3.8) is 0 Å². The molecule has 0 atom stereocenters. The molecule has 0 N–H and O–H groups in total. The predicted octanol–water partition coefficient (Wildman–Crippen LogP) is 16.0. The molecule has 1 fully saturated rings. The molecule has 0 spiro atoms. The van der Waals surface area contributed by atoms with Crippen LogP contribution in [0.15, 0.2) is 184 Å². The van der Waals surface area contributed by atoms with E-state index in [9.17, 15) is 19.3 Å². The minimum atomic E-state index is -3.05. The molecule has 110 heavy (non-hydrogen) atoms. The van der Waals surface area contributed by atoms with Gasteiger partial charge in [-0.1, -0.05) is 106 Å². The van der Waals surface area contributed by atoms with Crippen LogP contribution in [-0.2, 0) is 52.7 Å². The maximum atomic E-state index is 14.3. The van der Waals surface area contributed by atoms with Crippen LogP contribution in [0.2, 0.25) is 0 Å². The Morgan fingerprint density at radius 3 is 1.25 bits per heavy atom. The summed E-state index contributed by atoms with van der Waals surface area (Å²) in [6, 6.07) is 47.3. The zero-order valence-electron chi connectivity index (χ0n) is 62.5. The number of imidazole rings is 3. The van der Waals surface area contributed by atoms with Crippen molar-refractivity contribution in [3.05, 3.63) is 283 Å². The van der Waals surface area contributed by atoms with Crippen molar-refractivity contribution in [2.24, 2.45) is 0 Å². The van der Waals surface area contributed by atoms with Crippen LogP contribution >= 0.6 is 0 Å². The molecule has 15 aromatic rings. The van der Waals surface area contributed by atoms with Crippen molar-refractivity contribution >= 4 is 49.8 Å². The third kappa shape index (κ3) is 15.6. The van der Waals surface area contributed by atoms with Crippen molar-refractivity contribution in [1.82, 2.24) is 64.2 Å². The number of fused-ring (bicyclic) bond motifs is 6. The van der Waals surface area contributed by atoms with Gasteiger partial charge in [-0.05, 0) is 202 Å². The highest BCUT2D eigenvalue weighted by atomic mass is 19.3. The molecule has 0 aliphatic carbocycles. The van der Waals surface area contributed by atoms with E-state index in [0.717, 1.165) is 134 Å². The van der Waals surface area contributed by atoms with E-state index in [2.05, 4.69) is 159 Å². The SMILES string of the molecule is C#CC(C)(C)c1cccc(Cc2noc3c(C#Cc4cnc5cccnn45)c(C)ccc23)c1.Cc1ccc2c(Cc3cc(C(C)(F)F)cc(C(C)(C)C#N)c3)noc2c1C#Cc1cnc2cccnn12.Cc1ccc2c(Cc3cc(CN4CCOCC4)cc(C(C)(C)C#N)c3)noc2c1C#Cc1cnc2cccnn12. The number of nitriles is 2. The molecule has 544 valence electrons. The van der Waals surface area contributed by atoms with Gasteiger partial charge in [-0.15, -0.1) is 6.42 Å². The summed E-state index contributed by atoms with van der Waals surface area (Å²) in [5.41, 5.74) is 18.4. The van der Waals surface area contributed by atoms with Crippen LogP contribution in [0.3, 0.4) is 0 Å². The summed E-state index contributed by atoms with van der Waals surface area (Å²) < 4.78 is 56.6. The largest absolute Gasteiger partial charge is 0.379 e. The maximum absolute atomic E-state index is 14.3. The topological polar surface area (TPSA) is 229 Å². The molecule has 0 amide bonds. The number of aryl methyl sites for hydroxylation is 3. The van der Waals surface area contributed by atoms with E-state index in [1.54, 1.807) is 70.6 Å². The highest BCUT2D eigenvalue weighted by Crippen LogP contribution is 2.36. The van der Waals surface area contributed by atoms with Gasteiger partial charge >= 0.3 is 0 Å². The monoisotopic (exact) mass is 1460 g/mol. The second kappa shape index (κ2) is 30.5. The molecule has 16 rings (SSSR count). The van der Waals surface area contributed by atoms with E-state index in [4.69, 9.17) is 24.7 Å². The summed E-state index contributed by atoms with van der Waals surface area (Å²) in [6.07, 6.45) is 17.4. The summed E-state index contributed by atoms with van der Waals surface area (Å²) in [6.45, 7) is 22.4. The fourth-order valence-electron chi connectivity index (χ4n) is 13.0. The first kappa shape index (κ1) is 73.5. The number of benzene rings is 6. The molecule has 0 radical (unpaired) electrons. The van der Waals surface area contributed by atoms with Crippen LogP contribution in [0.1, 0.15) is 161 Å². The Morgan fingerprint density at radius 1 is 0.436 bits per heavy atom. The second-order valence-corrected chi connectivity index (χ2v) is 29.1. The zero-order chi connectivity index (χ0) is 77.1. The van der Waals surface area contributed by atoms with Gasteiger partial charge in [0.05, 0.1) is 94.0 Å². The van der Waals surface area contributed by atoms with Gasteiger partial charge in [-0.25, -0.2) is 37.3 Å². The van der Waals surface area contributed by atoms with Crippen molar-refractivity contribution in [2.45, 2.75) is 117 Å². The van der Waals surface area contributed by atoms with Gasteiger partial charge in [0.2, 0.25) is 0 Å². The first-order valence-electron chi connectivity index (χ1n) is 35.9. The number of morpholine rings is 1. The van der Waals surface area contributed by atoms with E-state index in [1.807, 2.05) is 109 Å². The molecule has 9 aromatic heterocycles. The van der Waals surface area contributed by atoms with Crippen LogP contribution < -0.4 is 0 Å². The Hall–Kier alpha value is -13.4. The molecule has 1 saturated heterocycles. The summed E-state index contributed by atoms with van der Waals surface area (Å²) in [4.78, 5) is 15.4. The Kier molecular flexibility index (Phi) is 20.3. The number of ether oxygens (including phenoxy) is 1. The molecule has 6 aromatic carbocycles. The molecule has 0 bridgehead atoms. The smallest absolute Gasteiger partial charge is 0.270 e. The Labute approximate surface area is 634 Å². The van der Waals surface area contributed by atoms with Crippen molar-refractivity contribution in [2.75, 3.05) is 26.3 Å². The highest BCUT2D eigenvalue weighted by Gasteiger charge is 2.30. The van der Waals surface area contributed by atoms with Gasteiger partial charge in [0.15, 0.2) is 33.7 Å². The molecule has 0 saturated carbocycles. The molecular weight excluding hydrogens is 1380 g/mol. The van der Waals surface area contributed by atoms with Crippen LogP contribution in [0.4, 0.5) is 8.78 Å². The molecular formula is C89H75F2N15O4. The molecule has 1 aliphatic rings. The molecule has 21 heteroatoms. The van der Waals surface area contributed by atoms with E-state index in [0.29, 0.717) is 69.0 Å². The molecule has 19 nitrogen and oxygen atoms in total. The quantitative estimate of drug-likeness (QED) is 0.104. The van der Waals surface area contributed by atoms with Gasteiger partial charge in [-0.3, -0.25) is 4.90 Å². The number of aromatic nitrogens is 12. The maximum Gasteiger partial charge on any atom is 0.270 e. The van der Waals surface area contributed by atoms with Crippen LogP contribution in [0, 0.1) is 91.3 Å². The van der Waals surface area contributed by atoms with Gasteiger partial charge < -0.3 is 18.3 Å². The third-order valence-corrected chi connectivity index (χ3v) is 19.7. The number of alkyl halides is 2. The van der Waals surface area contributed by atoms with Gasteiger partial charge in [0.1, 0.15) is 17.1 Å². The number of hydrogen-bond donors (Lipinski definition) is 0. The van der Waals surface area contributed by atoms with Crippen LogP contribution in [-0.4, -0.2) is 90.5 Å². The lowest BCUT2D eigenvalue weighted by Gasteiger charge is -2.27.